The van der Waals surface area contributed by atoms with Gasteiger partial charge in [0.05, 0.1) is 19.8 Å². The van der Waals surface area contributed by atoms with Gasteiger partial charge in [-0.2, -0.15) is 0 Å². The number of H-pyrrole nitrogens is 1. The third kappa shape index (κ3) is 5.77. The van der Waals surface area contributed by atoms with E-state index in [0.29, 0.717) is 29.9 Å². The van der Waals surface area contributed by atoms with E-state index in [1.807, 2.05) is 13.8 Å². The fourth-order valence-corrected chi connectivity index (χ4v) is 3.45. The number of hydrogen-bond donors (Lipinski definition) is 2. The number of ether oxygens (including phenoxy) is 3. The zero-order chi connectivity index (χ0) is 25.4. The Bertz CT molecular complexity index is 1130. The molecular formula is C23H32N4O7. The number of nitrogen functional groups attached to an aromatic ring is 1. The van der Waals surface area contributed by atoms with Gasteiger partial charge in [-0.15, -0.1) is 0 Å². The summed E-state index contributed by atoms with van der Waals surface area (Å²) in [6.45, 7) is 5.36. The molecule has 11 nitrogen and oxygen atoms in total. The predicted octanol–water partition coefficient (Wildman–Crippen LogP) is 1.84. The van der Waals surface area contributed by atoms with Gasteiger partial charge in [0.1, 0.15) is 17.3 Å². The number of esters is 1. The average molecular weight is 477 g/mol. The lowest BCUT2D eigenvalue weighted by Crippen LogP contribution is -2.43. The fraction of sp³-hybridized carbons (Fsp3) is 0.478. The van der Waals surface area contributed by atoms with E-state index in [1.165, 1.54) is 30.9 Å². The van der Waals surface area contributed by atoms with Crippen LogP contribution in [-0.4, -0.2) is 48.8 Å². The molecule has 186 valence electrons. The number of hydrogen-bond acceptors (Lipinski definition) is 8. The number of rotatable bonds is 11. The predicted molar refractivity (Wildman–Crippen MR) is 128 cm³/mol. The van der Waals surface area contributed by atoms with Crippen molar-refractivity contribution in [3.05, 3.63) is 44.1 Å². The molecule has 0 bridgehead atoms. The largest absolute Gasteiger partial charge is 0.496 e. The third-order valence-corrected chi connectivity index (χ3v) is 5.28. The summed E-state index contributed by atoms with van der Waals surface area (Å²) in [7, 11) is 2.93. The first kappa shape index (κ1) is 26.5. The second-order valence-electron chi connectivity index (χ2n) is 7.63. The highest BCUT2D eigenvalue weighted by atomic mass is 16.5. The van der Waals surface area contributed by atoms with Gasteiger partial charge in [-0.05, 0) is 31.9 Å². The average Bonchev–Trinajstić information content (AvgIpc) is 2.81. The molecule has 0 aliphatic rings. The van der Waals surface area contributed by atoms with Gasteiger partial charge in [-0.1, -0.05) is 20.3 Å². The molecule has 0 aliphatic heterocycles. The number of carbonyl (C=O) groups is 2. The van der Waals surface area contributed by atoms with E-state index in [4.69, 9.17) is 19.9 Å². The Hall–Kier alpha value is -3.76. The Balaban J connectivity index is 2.33. The molecule has 11 heteroatoms. The lowest BCUT2D eigenvalue weighted by Gasteiger charge is -2.24. The van der Waals surface area contributed by atoms with Crippen LogP contribution in [0.5, 0.6) is 11.5 Å². The first-order valence-corrected chi connectivity index (χ1v) is 11.0. The van der Waals surface area contributed by atoms with Crippen LogP contribution in [0.15, 0.2) is 21.7 Å². The summed E-state index contributed by atoms with van der Waals surface area (Å²) >= 11 is 0. The lowest BCUT2D eigenvalue weighted by atomic mass is 10.1. The standard InChI is InChI=1S/C23H32N4O7/c1-6-8-10-26(19-20(24)27(9-7-2)23(31)25-21(19)29)18(28)13-34-22(30)15-11-16(32-4)14(3)17(12-15)33-5/h11-12H,6-10,13,24H2,1-5H3,(H,25,29,31). The van der Waals surface area contributed by atoms with Crippen LogP contribution in [0.1, 0.15) is 49.0 Å². The molecule has 0 saturated carbocycles. The van der Waals surface area contributed by atoms with Crippen molar-refractivity contribution in [2.75, 3.05) is 38.0 Å². The van der Waals surface area contributed by atoms with Gasteiger partial charge >= 0.3 is 11.7 Å². The van der Waals surface area contributed by atoms with E-state index >= 15 is 0 Å². The van der Waals surface area contributed by atoms with Gasteiger partial charge < -0.3 is 24.8 Å². The molecule has 0 spiro atoms. The summed E-state index contributed by atoms with van der Waals surface area (Å²) in [5, 5.41) is 0. The summed E-state index contributed by atoms with van der Waals surface area (Å²) in [5.41, 5.74) is 5.40. The molecule has 1 aromatic carbocycles. The van der Waals surface area contributed by atoms with E-state index in [2.05, 4.69) is 4.98 Å². The highest BCUT2D eigenvalue weighted by molar-refractivity contribution is 5.98. The minimum absolute atomic E-state index is 0.112. The molecule has 0 atom stereocenters. The molecule has 0 fully saturated rings. The minimum atomic E-state index is -0.779. The molecular weight excluding hydrogens is 444 g/mol. The molecule has 1 amide bonds. The maximum atomic E-state index is 13.0. The number of nitrogens with zero attached hydrogens (tertiary/aromatic N) is 2. The highest BCUT2D eigenvalue weighted by Crippen LogP contribution is 2.29. The molecule has 34 heavy (non-hydrogen) atoms. The molecule has 0 unspecified atom stereocenters. The summed E-state index contributed by atoms with van der Waals surface area (Å²) in [6, 6.07) is 2.98. The quantitative estimate of drug-likeness (QED) is 0.467. The normalized spacial score (nSPS) is 10.6. The van der Waals surface area contributed by atoms with Crippen LogP contribution in [0.4, 0.5) is 11.5 Å². The number of methoxy groups -OCH3 is 2. The van der Waals surface area contributed by atoms with E-state index in [0.717, 1.165) is 11.3 Å². The fourth-order valence-electron chi connectivity index (χ4n) is 3.45. The number of aromatic amines is 1. The molecule has 1 heterocycles. The number of aromatic nitrogens is 2. The number of benzene rings is 1. The van der Waals surface area contributed by atoms with Crippen molar-refractivity contribution in [2.45, 2.75) is 46.6 Å². The summed E-state index contributed by atoms with van der Waals surface area (Å²) in [4.78, 5) is 53.8. The topological polar surface area (TPSA) is 146 Å². The molecule has 0 saturated heterocycles. The summed E-state index contributed by atoms with van der Waals surface area (Å²) < 4.78 is 17.0. The number of nitrogens with one attached hydrogen (secondary N) is 1. The highest BCUT2D eigenvalue weighted by Gasteiger charge is 2.25. The second-order valence-corrected chi connectivity index (χ2v) is 7.63. The van der Waals surface area contributed by atoms with Gasteiger partial charge in [-0.25, -0.2) is 9.59 Å². The Morgan fingerprint density at radius 1 is 1.09 bits per heavy atom. The SMILES string of the molecule is CCCCN(C(=O)COC(=O)c1cc(OC)c(C)c(OC)c1)c1c(N)n(CCC)c(=O)[nH]c1=O. The van der Waals surface area contributed by atoms with Crippen molar-refractivity contribution >= 4 is 23.4 Å². The molecule has 0 radical (unpaired) electrons. The van der Waals surface area contributed by atoms with E-state index in [9.17, 15) is 19.2 Å². The third-order valence-electron chi connectivity index (χ3n) is 5.28. The Morgan fingerprint density at radius 3 is 2.24 bits per heavy atom. The number of unbranched alkanes of at least 4 members (excludes halogenated alkanes) is 1. The number of anilines is 2. The Kier molecular flexibility index (Phi) is 9.28. The van der Waals surface area contributed by atoms with Crippen LogP contribution in [0.2, 0.25) is 0 Å². The van der Waals surface area contributed by atoms with Crippen LogP contribution in [0.3, 0.4) is 0 Å². The number of nitrogens with two attached hydrogens (primary N) is 1. The molecule has 0 aliphatic carbocycles. The lowest BCUT2D eigenvalue weighted by molar-refractivity contribution is -0.121. The van der Waals surface area contributed by atoms with Gasteiger partial charge in [0, 0.05) is 18.7 Å². The molecule has 2 aromatic rings. The van der Waals surface area contributed by atoms with E-state index in [1.54, 1.807) is 6.92 Å². The Labute approximate surface area is 197 Å². The maximum Gasteiger partial charge on any atom is 0.338 e. The number of amides is 1. The van der Waals surface area contributed by atoms with Gasteiger partial charge in [0.25, 0.3) is 11.5 Å². The monoisotopic (exact) mass is 476 g/mol. The zero-order valence-corrected chi connectivity index (χ0v) is 20.2. The van der Waals surface area contributed by atoms with Crippen LogP contribution in [-0.2, 0) is 16.1 Å². The van der Waals surface area contributed by atoms with E-state index in [-0.39, 0.29) is 30.2 Å². The van der Waals surface area contributed by atoms with Crippen LogP contribution < -0.4 is 31.4 Å². The smallest absolute Gasteiger partial charge is 0.338 e. The summed E-state index contributed by atoms with van der Waals surface area (Å²) in [6.07, 6.45) is 1.90. The van der Waals surface area contributed by atoms with Crippen molar-refractivity contribution in [3.63, 3.8) is 0 Å². The first-order valence-electron chi connectivity index (χ1n) is 11.0. The summed E-state index contributed by atoms with van der Waals surface area (Å²) in [5.74, 6) is -0.663. The zero-order valence-electron chi connectivity index (χ0n) is 20.2. The molecule has 1 aromatic heterocycles. The van der Waals surface area contributed by atoms with Crippen molar-refractivity contribution in [1.82, 2.24) is 9.55 Å². The van der Waals surface area contributed by atoms with Gasteiger partial charge in [-0.3, -0.25) is 19.1 Å². The van der Waals surface area contributed by atoms with Crippen molar-refractivity contribution in [3.8, 4) is 11.5 Å². The molecule has 3 N–H and O–H groups in total. The van der Waals surface area contributed by atoms with Crippen molar-refractivity contribution in [1.29, 1.82) is 0 Å². The first-order chi connectivity index (χ1) is 16.2. The van der Waals surface area contributed by atoms with Crippen LogP contribution in [0.25, 0.3) is 0 Å². The molecule has 2 rings (SSSR count). The minimum Gasteiger partial charge on any atom is -0.496 e. The second kappa shape index (κ2) is 11.9. The van der Waals surface area contributed by atoms with Crippen molar-refractivity contribution in [2.24, 2.45) is 0 Å². The van der Waals surface area contributed by atoms with Gasteiger partial charge in [0.15, 0.2) is 12.3 Å². The number of carbonyl (C=O) groups excluding carboxylic acids is 2. The van der Waals surface area contributed by atoms with Crippen LogP contribution >= 0.6 is 0 Å². The van der Waals surface area contributed by atoms with Gasteiger partial charge in [0.2, 0.25) is 0 Å². The Morgan fingerprint density at radius 2 is 1.71 bits per heavy atom. The maximum absolute atomic E-state index is 13.0. The van der Waals surface area contributed by atoms with E-state index < -0.39 is 29.7 Å². The van der Waals surface area contributed by atoms with Crippen LogP contribution in [0, 0.1) is 6.92 Å². The van der Waals surface area contributed by atoms with Crippen molar-refractivity contribution < 1.29 is 23.8 Å².